The highest BCUT2D eigenvalue weighted by atomic mass is 35.5. The van der Waals surface area contributed by atoms with Crippen LogP contribution in [0.5, 0.6) is 0 Å². The van der Waals surface area contributed by atoms with Crippen LogP contribution in [0.15, 0.2) is 0 Å². The van der Waals surface area contributed by atoms with Gasteiger partial charge in [-0.25, -0.2) is 0 Å². The Bertz CT molecular complexity index is 389. The second kappa shape index (κ2) is 3.88. The summed E-state index contributed by atoms with van der Waals surface area (Å²) < 4.78 is 6.29. The molecule has 19 heavy (non-hydrogen) atoms. The minimum atomic E-state index is -0.860. The highest BCUT2D eigenvalue weighted by molar-refractivity contribution is 6.21. The first-order chi connectivity index (χ1) is 8.55. The molecular formula is C15H25ClO3. The fraction of sp³-hybridized carbons (Fsp3) is 1.00. The highest BCUT2D eigenvalue weighted by Crippen LogP contribution is 2.60. The van der Waals surface area contributed by atoms with Crippen LogP contribution in [-0.4, -0.2) is 38.0 Å². The maximum atomic E-state index is 11.0. The van der Waals surface area contributed by atoms with Gasteiger partial charge in [-0.1, -0.05) is 0 Å². The van der Waals surface area contributed by atoms with E-state index in [9.17, 15) is 10.2 Å². The SMILES string of the molecule is CC(C)(C)OC12CCC3C(Cl)CC(O)(C1)CC3(O)C2. The van der Waals surface area contributed by atoms with Gasteiger partial charge in [0.1, 0.15) is 0 Å². The Labute approximate surface area is 120 Å². The van der Waals surface area contributed by atoms with Crippen LogP contribution in [-0.2, 0) is 4.74 Å². The van der Waals surface area contributed by atoms with Crippen LogP contribution in [0.25, 0.3) is 0 Å². The third kappa shape index (κ3) is 2.33. The predicted molar refractivity (Wildman–Crippen MR) is 74.3 cm³/mol. The van der Waals surface area contributed by atoms with Crippen LogP contribution in [0.2, 0.25) is 0 Å². The molecule has 3 fully saturated rings. The van der Waals surface area contributed by atoms with Gasteiger partial charge in [0.05, 0.1) is 22.4 Å². The van der Waals surface area contributed by atoms with Crippen molar-refractivity contribution in [2.75, 3.05) is 0 Å². The van der Waals surface area contributed by atoms with E-state index < -0.39 is 11.2 Å². The van der Waals surface area contributed by atoms with Crippen molar-refractivity contribution in [3.63, 3.8) is 0 Å². The molecule has 3 nitrogen and oxygen atoms in total. The second-order valence-electron chi connectivity index (χ2n) is 8.12. The molecule has 0 aliphatic heterocycles. The quantitative estimate of drug-likeness (QED) is 0.729. The molecule has 0 amide bonds. The summed E-state index contributed by atoms with van der Waals surface area (Å²) in [7, 11) is 0. The number of hydrogen-bond acceptors (Lipinski definition) is 3. The molecule has 3 aliphatic rings. The van der Waals surface area contributed by atoms with Gasteiger partial charge in [-0.2, -0.15) is 0 Å². The number of halogens is 1. The maximum absolute atomic E-state index is 11.0. The first-order valence-electron chi connectivity index (χ1n) is 7.34. The van der Waals surface area contributed by atoms with Crippen molar-refractivity contribution in [2.45, 2.75) is 87.1 Å². The van der Waals surface area contributed by atoms with Crippen LogP contribution in [0.4, 0.5) is 0 Å². The lowest BCUT2D eigenvalue weighted by molar-refractivity contribution is -0.278. The Morgan fingerprint density at radius 3 is 2.47 bits per heavy atom. The van der Waals surface area contributed by atoms with Gasteiger partial charge in [-0.15, -0.1) is 11.6 Å². The summed E-state index contributed by atoms with van der Waals surface area (Å²) in [4.78, 5) is 0. The largest absolute Gasteiger partial charge is 0.390 e. The minimum absolute atomic E-state index is 0.103. The summed E-state index contributed by atoms with van der Waals surface area (Å²) >= 11 is 6.41. The van der Waals surface area contributed by atoms with Gasteiger partial charge < -0.3 is 14.9 Å². The lowest BCUT2D eigenvalue weighted by atomic mass is 9.51. The first kappa shape index (κ1) is 14.1. The van der Waals surface area contributed by atoms with Crippen molar-refractivity contribution < 1.29 is 14.9 Å². The van der Waals surface area contributed by atoms with Crippen LogP contribution in [0.1, 0.15) is 59.3 Å². The van der Waals surface area contributed by atoms with E-state index in [0.717, 1.165) is 12.8 Å². The first-order valence-corrected chi connectivity index (χ1v) is 7.78. The summed E-state index contributed by atoms with van der Waals surface area (Å²) in [6.07, 6.45) is 4.06. The second-order valence-corrected chi connectivity index (χ2v) is 8.68. The highest BCUT2D eigenvalue weighted by Gasteiger charge is 2.65. The lowest BCUT2D eigenvalue weighted by Gasteiger charge is -2.63. The molecule has 3 aliphatic carbocycles. The smallest absolute Gasteiger partial charge is 0.0744 e. The van der Waals surface area contributed by atoms with Crippen LogP contribution in [0, 0.1) is 5.92 Å². The normalized spacial score (nSPS) is 53.4. The van der Waals surface area contributed by atoms with Crippen LogP contribution in [0.3, 0.4) is 0 Å². The van der Waals surface area contributed by atoms with Crippen molar-refractivity contribution in [1.82, 2.24) is 0 Å². The van der Waals surface area contributed by atoms with Crippen molar-refractivity contribution in [2.24, 2.45) is 5.92 Å². The molecule has 0 saturated heterocycles. The maximum Gasteiger partial charge on any atom is 0.0744 e. The number of ether oxygens (including phenoxy) is 1. The Morgan fingerprint density at radius 1 is 1.16 bits per heavy atom. The van der Waals surface area contributed by atoms with Crippen molar-refractivity contribution in [3.05, 3.63) is 0 Å². The monoisotopic (exact) mass is 288 g/mol. The molecule has 4 heteroatoms. The van der Waals surface area contributed by atoms with Crippen molar-refractivity contribution in [3.8, 4) is 0 Å². The van der Waals surface area contributed by atoms with E-state index in [0.29, 0.717) is 25.7 Å². The molecule has 0 spiro atoms. The molecule has 0 radical (unpaired) electrons. The van der Waals surface area contributed by atoms with Gasteiger partial charge in [0.15, 0.2) is 0 Å². The Hall–Kier alpha value is 0.170. The molecular weight excluding hydrogens is 264 g/mol. The zero-order valence-electron chi connectivity index (χ0n) is 12.1. The third-order valence-corrected chi connectivity index (χ3v) is 5.51. The predicted octanol–water partition coefficient (Wildman–Crippen LogP) is 2.61. The number of rotatable bonds is 1. The average molecular weight is 289 g/mol. The molecule has 0 aromatic heterocycles. The number of aliphatic hydroxyl groups is 2. The molecule has 110 valence electrons. The van der Waals surface area contributed by atoms with Gasteiger partial charge in [-0.3, -0.25) is 0 Å². The minimum Gasteiger partial charge on any atom is -0.390 e. The van der Waals surface area contributed by atoms with Gasteiger partial charge in [0.25, 0.3) is 0 Å². The Balaban J connectivity index is 1.96. The van der Waals surface area contributed by atoms with E-state index in [1.165, 1.54) is 0 Å². The van der Waals surface area contributed by atoms with Gasteiger partial charge >= 0.3 is 0 Å². The average Bonchev–Trinajstić information content (AvgIpc) is 2.07. The third-order valence-electron chi connectivity index (χ3n) is 5.05. The molecule has 0 heterocycles. The molecule has 3 saturated carbocycles. The van der Waals surface area contributed by atoms with E-state index in [2.05, 4.69) is 0 Å². The zero-order chi connectivity index (χ0) is 14.1. The summed E-state index contributed by atoms with van der Waals surface area (Å²) in [6, 6.07) is 0. The molecule has 3 bridgehead atoms. The van der Waals surface area contributed by atoms with Crippen molar-refractivity contribution >= 4 is 11.6 Å². The van der Waals surface area contributed by atoms with E-state index in [1.807, 2.05) is 20.8 Å². The molecule has 5 atom stereocenters. The number of alkyl halides is 1. The summed E-state index contributed by atoms with van der Waals surface area (Å²) in [5.41, 5.74) is -2.35. The fourth-order valence-corrected chi connectivity index (χ4v) is 5.63. The van der Waals surface area contributed by atoms with E-state index in [4.69, 9.17) is 16.3 Å². The molecule has 3 rings (SSSR count). The number of hydrogen-bond donors (Lipinski definition) is 2. The zero-order valence-corrected chi connectivity index (χ0v) is 12.8. The lowest BCUT2D eigenvalue weighted by Crippen LogP contribution is -2.69. The Morgan fingerprint density at radius 2 is 1.84 bits per heavy atom. The van der Waals surface area contributed by atoms with Crippen LogP contribution >= 0.6 is 11.6 Å². The fourth-order valence-electron chi connectivity index (χ4n) is 4.98. The van der Waals surface area contributed by atoms with E-state index in [1.54, 1.807) is 0 Å². The van der Waals surface area contributed by atoms with Crippen LogP contribution < -0.4 is 0 Å². The summed E-state index contributed by atoms with van der Waals surface area (Å²) in [6.45, 7) is 6.12. The molecule has 0 aromatic carbocycles. The van der Waals surface area contributed by atoms with E-state index in [-0.39, 0.29) is 22.5 Å². The standard InChI is InChI=1S/C15H25ClO3/c1-12(2,3)19-14-5-4-10-11(16)6-13(17,7-14)8-15(10,18)9-14/h10-11,17-18H,4-9H2,1-3H3. The van der Waals surface area contributed by atoms with Gasteiger partial charge in [-0.05, 0) is 40.0 Å². The molecule has 2 N–H and O–H groups in total. The summed E-state index contributed by atoms with van der Waals surface area (Å²) in [5.74, 6) is 0.103. The topological polar surface area (TPSA) is 49.7 Å². The van der Waals surface area contributed by atoms with Crippen molar-refractivity contribution in [1.29, 1.82) is 0 Å². The summed E-state index contributed by atoms with van der Waals surface area (Å²) in [5, 5.41) is 21.6. The molecule has 0 aromatic rings. The van der Waals surface area contributed by atoms with Gasteiger partial charge in [0, 0.05) is 30.6 Å². The van der Waals surface area contributed by atoms with Gasteiger partial charge in [0.2, 0.25) is 0 Å². The van der Waals surface area contributed by atoms with E-state index >= 15 is 0 Å². The number of fused-ring (bicyclic) bond motifs is 2. The Kier molecular flexibility index (Phi) is 2.88. The molecule has 5 unspecified atom stereocenters.